The zero-order valence-corrected chi connectivity index (χ0v) is 10.4. The third-order valence-electron chi connectivity index (χ3n) is 2.28. The number of nitrogens with zero attached hydrogens (tertiary/aromatic N) is 1. The van der Waals surface area contributed by atoms with Crippen molar-refractivity contribution in [1.29, 1.82) is 0 Å². The molecule has 0 atom stereocenters. The van der Waals surface area contributed by atoms with E-state index in [-0.39, 0.29) is 11.1 Å². The van der Waals surface area contributed by atoms with Crippen molar-refractivity contribution in [1.82, 2.24) is 0 Å². The Hall–Kier alpha value is -2.00. The Balaban J connectivity index is 3.68. The maximum absolute atomic E-state index is 11.4. The summed E-state index contributed by atoms with van der Waals surface area (Å²) in [5.74, 6) is -0.874. The van der Waals surface area contributed by atoms with Gasteiger partial charge in [0, 0.05) is 11.6 Å². The van der Waals surface area contributed by atoms with Crippen molar-refractivity contribution in [3.63, 3.8) is 0 Å². The van der Waals surface area contributed by atoms with E-state index in [4.69, 9.17) is 5.14 Å². The fourth-order valence-corrected chi connectivity index (χ4v) is 1.91. The van der Waals surface area contributed by atoms with Crippen LogP contribution in [-0.2, 0) is 14.8 Å². The molecule has 0 aliphatic carbocycles. The highest BCUT2D eigenvalue weighted by Crippen LogP contribution is 2.26. The standard InChI is InChI=1S/C9H10N2O6S/c1-5-7(9(12)17-2)3-6(18(10,15)16)4-8(5)11(13)14/h3-4H,1-2H3,(H2,10,15,16). The van der Waals surface area contributed by atoms with Crippen LogP contribution in [0.4, 0.5) is 5.69 Å². The Morgan fingerprint density at radius 2 is 2.00 bits per heavy atom. The lowest BCUT2D eigenvalue weighted by molar-refractivity contribution is -0.385. The van der Waals surface area contributed by atoms with Crippen molar-refractivity contribution in [3.05, 3.63) is 33.4 Å². The molecule has 0 aliphatic rings. The molecule has 0 fully saturated rings. The number of methoxy groups -OCH3 is 1. The Labute approximate surface area is 103 Å². The van der Waals surface area contributed by atoms with E-state index >= 15 is 0 Å². The summed E-state index contributed by atoms with van der Waals surface area (Å²) >= 11 is 0. The lowest BCUT2D eigenvalue weighted by Crippen LogP contribution is -2.15. The second kappa shape index (κ2) is 4.70. The molecule has 1 rings (SSSR count). The van der Waals surface area contributed by atoms with Crippen molar-refractivity contribution in [2.45, 2.75) is 11.8 Å². The molecule has 0 unspecified atom stereocenters. The molecule has 0 aliphatic heterocycles. The van der Waals surface area contributed by atoms with E-state index in [1.807, 2.05) is 0 Å². The molecule has 0 radical (unpaired) electrons. The van der Waals surface area contributed by atoms with Crippen molar-refractivity contribution < 1.29 is 22.9 Å². The molecule has 0 bridgehead atoms. The molecule has 0 heterocycles. The average molecular weight is 274 g/mol. The highest BCUT2D eigenvalue weighted by molar-refractivity contribution is 7.89. The maximum atomic E-state index is 11.4. The number of sulfonamides is 1. The SMILES string of the molecule is COC(=O)c1cc(S(N)(=O)=O)cc([N+](=O)[O-])c1C. The quantitative estimate of drug-likeness (QED) is 0.480. The summed E-state index contributed by atoms with van der Waals surface area (Å²) in [5, 5.41) is 15.7. The molecular formula is C9H10N2O6S. The smallest absolute Gasteiger partial charge is 0.338 e. The first-order valence-corrected chi connectivity index (χ1v) is 6.13. The van der Waals surface area contributed by atoms with E-state index < -0.39 is 31.5 Å². The monoisotopic (exact) mass is 274 g/mol. The van der Waals surface area contributed by atoms with E-state index in [0.29, 0.717) is 0 Å². The van der Waals surface area contributed by atoms with E-state index in [1.54, 1.807) is 0 Å². The van der Waals surface area contributed by atoms with Crippen LogP contribution in [0.5, 0.6) is 0 Å². The highest BCUT2D eigenvalue weighted by Gasteiger charge is 2.24. The topological polar surface area (TPSA) is 130 Å². The normalized spacial score (nSPS) is 11.1. The van der Waals surface area contributed by atoms with Crippen LogP contribution in [0.3, 0.4) is 0 Å². The minimum atomic E-state index is -4.15. The number of rotatable bonds is 3. The molecule has 0 saturated carbocycles. The number of nitro groups is 1. The van der Waals surface area contributed by atoms with Gasteiger partial charge in [0.05, 0.1) is 22.5 Å². The van der Waals surface area contributed by atoms with Gasteiger partial charge >= 0.3 is 5.97 Å². The Bertz CT molecular complexity index is 622. The highest BCUT2D eigenvalue weighted by atomic mass is 32.2. The van der Waals surface area contributed by atoms with Crippen molar-refractivity contribution in [2.75, 3.05) is 7.11 Å². The van der Waals surface area contributed by atoms with Gasteiger partial charge in [0.25, 0.3) is 5.69 Å². The summed E-state index contributed by atoms with van der Waals surface area (Å²) in [6.07, 6.45) is 0. The van der Waals surface area contributed by atoms with Gasteiger partial charge in [0.2, 0.25) is 10.0 Å². The fourth-order valence-electron chi connectivity index (χ4n) is 1.35. The van der Waals surface area contributed by atoms with E-state index in [9.17, 15) is 23.3 Å². The predicted octanol–water partition coefficient (Wildman–Crippen LogP) is 0.337. The van der Waals surface area contributed by atoms with Gasteiger partial charge in [-0.05, 0) is 13.0 Å². The summed E-state index contributed by atoms with van der Waals surface area (Å²) < 4.78 is 26.8. The van der Waals surface area contributed by atoms with Gasteiger partial charge < -0.3 is 4.74 Å². The lowest BCUT2D eigenvalue weighted by atomic mass is 10.1. The second-order valence-electron chi connectivity index (χ2n) is 3.41. The second-order valence-corrected chi connectivity index (χ2v) is 4.97. The molecule has 0 saturated heterocycles. The van der Waals surface area contributed by atoms with E-state index in [0.717, 1.165) is 19.2 Å². The molecule has 0 aromatic heterocycles. The Morgan fingerprint density at radius 3 is 2.39 bits per heavy atom. The van der Waals surface area contributed by atoms with Gasteiger partial charge in [-0.1, -0.05) is 0 Å². The van der Waals surface area contributed by atoms with Crippen LogP contribution in [0.2, 0.25) is 0 Å². The lowest BCUT2D eigenvalue weighted by Gasteiger charge is -2.07. The van der Waals surface area contributed by atoms with Crippen molar-refractivity contribution in [3.8, 4) is 0 Å². The number of benzene rings is 1. The van der Waals surface area contributed by atoms with Crippen LogP contribution in [-0.4, -0.2) is 26.4 Å². The zero-order chi connectivity index (χ0) is 14.1. The van der Waals surface area contributed by atoms with Crippen LogP contribution in [0.25, 0.3) is 0 Å². The molecule has 1 aromatic carbocycles. The number of nitrogens with two attached hydrogens (primary N) is 1. The van der Waals surface area contributed by atoms with Crippen LogP contribution in [0.1, 0.15) is 15.9 Å². The molecule has 2 N–H and O–H groups in total. The number of carbonyl (C=O) groups excluding carboxylic acids is 1. The minimum Gasteiger partial charge on any atom is -0.465 e. The van der Waals surface area contributed by atoms with Crippen molar-refractivity contribution >= 4 is 21.7 Å². The molecule has 9 heteroatoms. The summed E-state index contributed by atoms with van der Waals surface area (Å²) in [4.78, 5) is 20.9. The first-order chi connectivity index (χ1) is 8.18. The molecule has 0 amide bonds. The van der Waals surface area contributed by atoms with Crippen LogP contribution in [0.15, 0.2) is 17.0 Å². The van der Waals surface area contributed by atoms with Gasteiger partial charge in [-0.2, -0.15) is 0 Å². The Kier molecular flexibility index (Phi) is 3.67. The largest absolute Gasteiger partial charge is 0.465 e. The molecule has 1 aromatic rings. The number of carbonyl (C=O) groups is 1. The summed E-state index contributed by atoms with van der Waals surface area (Å²) in [7, 11) is -3.07. The van der Waals surface area contributed by atoms with Gasteiger partial charge in [-0.25, -0.2) is 18.4 Å². The number of nitro benzene ring substituents is 1. The number of ether oxygens (including phenoxy) is 1. The zero-order valence-electron chi connectivity index (χ0n) is 9.54. The third-order valence-corrected chi connectivity index (χ3v) is 3.18. The van der Waals surface area contributed by atoms with Gasteiger partial charge in [-0.3, -0.25) is 10.1 Å². The van der Waals surface area contributed by atoms with Crippen LogP contribution >= 0.6 is 0 Å². The van der Waals surface area contributed by atoms with Gasteiger partial charge in [-0.15, -0.1) is 0 Å². The summed E-state index contributed by atoms with van der Waals surface area (Å²) in [5.41, 5.74) is -0.711. The number of esters is 1. The first kappa shape index (κ1) is 14.1. The number of primary sulfonamides is 1. The Morgan fingerprint density at radius 1 is 1.44 bits per heavy atom. The van der Waals surface area contributed by atoms with Gasteiger partial charge in [0.15, 0.2) is 0 Å². The molecular weight excluding hydrogens is 264 g/mol. The number of hydrogen-bond donors (Lipinski definition) is 1. The molecule has 18 heavy (non-hydrogen) atoms. The van der Waals surface area contributed by atoms with Gasteiger partial charge in [0.1, 0.15) is 0 Å². The number of hydrogen-bond acceptors (Lipinski definition) is 6. The third kappa shape index (κ3) is 2.63. The minimum absolute atomic E-state index is 0.0132. The average Bonchev–Trinajstić information content (AvgIpc) is 2.26. The van der Waals surface area contributed by atoms with Crippen molar-refractivity contribution in [2.24, 2.45) is 5.14 Å². The maximum Gasteiger partial charge on any atom is 0.338 e. The van der Waals surface area contributed by atoms with Crippen LogP contribution in [0, 0.1) is 17.0 Å². The summed E-state index contributed by atoms with van der Waals surface area (Å²) in [6, 6.07) is 1.75. The first-order valence-electron chi connectivity index (χ1n) is 4.58. The fraction of sp³-hybridized carbons (Fsp3) is 0.222. The predicted molar refractivity (Wildman–Crippen MR) is 60.5 cm³/mol. The van der Waals surface area contributed by atoms with E-state index in [2.05, 4.69) is 4.74 Å². The van der Waals surface area contributed by atoms with Crippen LogP contribution < -0.4 is 5.14 Å². The molecule has 8 nitrogen and oxygen atoms in total. The summed E-state index contributed by atoms with van der Waals surface area (Å²) in [6.45, 7) is 1.32. The molecule has 98 valence electrons. The molecule has 0 spiro atoms. The van der Waals surface area contributed by atoms with E-state index in [1.165, 1.54) is 6.92 Å².